The molecular weight excluding hydrogens is 598 g/mol. The molecule has 12 heteroatoms. The number of benzene rings is 2. The first-order valence-electron chi connectivity index (χ1n) is 14.2. The van der Waals surface area contributed by atoms with E-state index in [1.807, 2.05) is 54.6 Å². The minimum atomic E-state index is -0.540. The van der Waals surface area contributed by atoms with Crippen molar-refractivity contribution in [1.82, 2.24) is 14.8 Å². The summed E-state index contributed by atoms with van der Waals surface area (Å²) in [5, 5.41) is 15.8. The fourth-order valence-electron chi connectivity index (χ4n) is 4.62. The van der Waals surface area contributed by atoms with Gasteiger partial charge in [-0.3, -0.25) is 23.9 Å². The third-order valence-corrected chi connectivity index (χ3v) is 8.34. The highest BCUT2D eigenvalue weighted by molar-refractivity contribution is 7.07. The van der Waals surface area contributed by atoms with Gasteiger partial charge in [0.2, 0.25) is 5.91 Å². The largest absolute Gasteiger partial charge is 0.369 e. The number of nitriles is 1. The van der Waals surface area contributed by atoms with E-state index in [2.05, 4.69) is 31.9 Å². The van der Waals surface area contributed by atoms with Crippen LogP contribution in [0.4, 0.5) is 17.1 Å². The number of amides is 2. The number of hydrogen-bond acceptors (Lipinski definition) is 8. The second kappa shape index (κ2) is 15.3. The van der Waals surface area contributed by atoms with Crippen molar-refractivity contribution in [3.8, 4) is 6.07 Å². The van der Waals surface area contributed by atoms with Gasteiger partial charge in [0.15, 0.2) is 5.57 Å². The van der Waals surface area contributed by atoms with Gasteiger partial charge < -0.3 is 20.4 Å². The van der Waals surface area contributed by atoms with Gasteiger partial charge in [-0.25, -0.2) is 0 Å². The van der Waals surface area contributed by atoms with Gasteiger partial charge in [-0.2, -0.15) is 5.26 Å². The Labute approximate surface area is 265 Å². The fraction of sp³-hybridized carbons (Fsp3) is 0.312. The molecule has 2 heterocycles. The molecule has 0 unspecified atom stereocenters. The van der Waals surface area contributed by atoms with Crippen molar-refractivity contribution < 1.29 is 9.59 Å². The van der Waals surface area contributed by atoms with Crippen molar-refractivity contribution in [3.05, 3.63) is 84.9 Å². The first-order valence-corrected chi connectivity index (χ1v) is 15.4. The zero-order valence-electron chi connectivity index (χ0n) is 24.9. The lowest BCUT2D eigenvalue weighted by Gasteiger charge is -2.36. The van der Waals surface area contributed by atoms with Crippen LogP contribution in [0.5, 0.6) is 0 Å². The van der Waals surface area contributed by atoms with E-state index >= 15 is 0 Å². The van der Waals surface area contributed by atoms with Crippen molar-refractivity contribution in [2.75, 3.05) is 61.4 Å². The van der Waals surface area contributed by atoms with Crippen molar-refractivity contribution >= 4 is 63.3 Å². The molecule has 1 fully saturated rings. The Morgan fingerprint density at radius 1 is 1.11 bits per heavy atom. The number of piperazine rings is 1. The van der Waals surface area contributed by atoms with Gasteiger partial charge in [0, 0.05) is 74.6 Å². The number of carbonyl (C=O) groups excluding carboxylic acids is 2. The fourth-order valence-corrected chi connectivity index (χ4v) is 5.73. The number of nitrogens with zero attached hydrogens (tertiary/aromatic N) is 5. The lowest BCUT2D eigenvalue weighted by atomic mass is 10.2. The second-order valence-corrected chi connectivity index (χ2v) is 11.4. The number of aromatic nitrogens is 1. The zero-order chi connectivity index (χ0) is 31.6. The van der Waals surface area contributed by atoms with Crippen LogP contribution < -0.4 is 35.2 Å². The molecule has 2 amide bonds. The topological polar surface area (TPSA) is 114 Å². The zero-order valence-corrected chi connectivity index (χ0v) is 26.5. The van der Waals surface area contributed by atoms with Gasteiger partial charge in [0.1, 0.15) is 15.3 Å². The Balaban J connectivity index is 1.43. The summed E-state index contributed by atoms with van der Waals surface area (Å²) in [6.07, 6.45) is 1.52. The van der Waals surface area contributed by atoms with Gasteiger partial charge in [0.25, 0.3) is 11.5 Å². The number of carbonyl (C=O) groups is 2. The highest BCUT2D eigenvalue weighted by atomic mass is 35.5. The number of anilines is 3. The van der Waals surface area contributed by atoms with E-state index in [4.69, 9.17) is 11.6 Å². The Bertz CT molecular complexity index is 1810. The molecule has 0 saturated carbocycles. The average molecular weight is 632 g/mol. The molecule has 228 valence electrons. The quantitative estimate of drug-likeness (QED) is 0.275. The molecule has 0 bridgehead atoms. The van der Waals surface area contributed by atoms with Gasteiger partial charge >= 0.3 is 0 Å². The maximum Gasteiger partial charge on any atom is 0.277 e. The summed E-state index contributed by atoms with van der Waals surface area (Å²) in [5.41, 5.74) is 7.83. The molecule has 44 heavy (non-hydrogen) atoms. The molecule has 0 aliphatic carbocycles. The predicted octanol–water partition coefficient (Wildman–Crippen LogP) is 2.34. The van der Waals surface area contributed by atoms with Crippen molar-refractivity contribution in [2.45, 2.75) is 20.4 Å². The Morgan fingerprint density at radius 2 is 1.84 bits per heavy atom. The maximum absolute atomic E-state index is 13.1. The van der Waals surface area contributed by atoms with Crippen LogP contribution in [0, 0.1) is 11.3 Å². The molecule has 10 nitrogen and oxygen atoms in total. The summed E-state index contributed by atoms with van der Waals surface area (Å²) >= 11 is 7.10. The van der Waals surface area contributed by atoms with Gasteiger partial charge in [-0.05, 0) is 56.3 Å². The average Bonchev–Trinajstić information content (AvgIpc) is 3.33. The Morgan fingerprint density at radius 3 is 2.50 bits per heavy atom. The number of thiazole rings is 1. The van der Waals surface area contributed by atoms with Crippen LogP contribution in [0.25, 0.3) is 11.5 Å². The van der Waals surface area contributed by atoms with Crippen LogP contribution in [-0.4, -0.2) is 67.6 Å². The molecule has 2 aromatic carbocycles. The van der Waals surface area contributed by atoms with E-state index < -0.39 is 5.91 Å². The van der Waals surface area contributed by atoms with Gasteiger partial charge in [-0.15, -0.1) is 0 Å². The van der Waals surface area contributed by atoms with Crippen LogP contribution in [0.1, 0.15) is 13.8 Å². The summed E-state index contributed by atoms with van der Waals surface area (Å²) < 4.78 is 2.11. The van der Waals surface area contributed by atoms with E-state index in [9.17, 15) is 19.6 Å². The maximum atomic E-state index is 13.1. The molecule has 0 atom stereocenters. The van der Waals surface area contributed by atoms with Crippen LogP contribution in [0.2, 0.25) is 5.02 Å². The molecule has 4 rings (SSSR count). The number of rotatable bonds is 9. The standard InChI is InChI=1S/C32H34ClN7O3S/c1-4-35-31(42)23(21-34)19-30-40(5-2)32(43)28(44-30)13-14-36-25-7-6-8-27(20-25)37(3)29(41)22-38-15-17-39(18-16-38)26-11-9-24(33)10-12-26/h6-12,14,20,36H,4-5,15-18,22H2,1-3H3,(H,35,42). The molecular formula is C32H34ClN7O3S. The number of likely N-dealkylation sites (N-methyl/N-ethyl adjacent to an activating group) is 2. The van der Waals surface area contributed by atoms with Crippen LogP contribution in [0.15, 0.2) is 65.1 Å². The number of halogens is 1. The minimum absolute atomic E-state index is 0.0101. The molecule has 2 N–H and O–H groups in total. The molecule has 0 spiro atoms. The Kier molecular flexibility index (Phi) is 11.2. The molecule has 1 aromatic heterocycles. The third kappa shape index (κ3) is 8.08. The predicted molar refractivity (Wildman–Crippen MR) is 176 cm³/mol. The van der Waals surface area contributed by atoms with Crippen molar-refractivity contribution in [2.24, 2.45) is 0 Å². The monoisotopic (exact) mass is 631 g/mol. The first kappa shape index (κ1) is 32.4. The minimum Gasteiger partial charge on any atom is -0.369 e. The molecule has 1 aliphatic rings. The molecule has 1 aliphatic heterocycles. The van der Waals surface area contributed by atoms with Crippen molar-refractivity contribution in [3.63, 3.8) is 0 Å². The summed E-state index contributed by atoms with van der Waals surface area (Å²) in [6.45, 7) is 7.82. The van der Waals surface area contributed by atoms with Gasteiger partial charge in [-0.1, -0.05) is 40.5 Å². The number of hydrogen-bond donors (Lipinski definition) is 2. The SMILES string of the molecule is CCNC(=O)C(=C=c1sc(=C=CNc2cccc(N(C)C(=O)CN3CCN(c4ccc(Cl)cc4)CC3)c2)c(=O)n1CC)C#N. The van der Waals surface area contributed by atoms with Gasteiger partial charge in [0.05, 0.1) is 6.54 Å². The summed E-state index contributed by atoms with van der Waals surface area (Å²) in [5.74, 6) is -0.551. The normalized spacial score (nSPS) is 12.8. The smallest absolute Gasteiger partial charge is 0.277 e. The van der Waals surface area contributed by atoms with Crippen LogP contribution in [-0.2, 0) is 16.1 Å². The van der Waals surface area contributed by atoms with Crippen molar-refractivity contribution in [1.29, 1.82) is 5.26 Å². The Hall–Kier alpha value is -4.55. The summed E-state index contributed by atoms with van der Waals surface area (Å²) in [6, 6.07) is 17.1. The molecule has 3 aromatic rings. The van der Waals surface area contributed by atoms with E-state index in [0.29, 0.717) is 39.5 Å². The van der Waals surface area contributed by atoms with E-state index in [0.717, 1.165) is 48.9 Å². The van der Waals surface area contributed by atoms with Crippen LogP contribution >= 0.6 is 22.9 Å². The second-order valence-electron chi connectivity index (χ2n) is 9.93. The van der Waals surface area contributed by atoms with E-state index in [1.165, 1.54) is 10.8 Å². The summed E-state index contributed by atoms with van der Waals surface area (Å²) in [7, 11) is 1.76. The van der Waals surface area contributed by atoms with E-state index in [-0.39, 0.29) is 17.0 Å². The lowest BCUT2D eigenvalue weighted by molar-refractivity contribution is -0.119. The molecule has 0 radical (unpaired) electrons. The summed E-state index contributed by atoms with van der Waals surface area (Å²) in [4.78, 5) is 44.2. The number of nitrogens with one attached hydrogen (secondary N) is 2. The highest BCUT2D eigenvalue weighted by Crippen LogP contribution is 2.21. The first-order chi connectivity index (χ1) is 21.2. The third-order valence-electron chi connectivity index (χ3n) is 7.08. The van der Waals surface area contributed by atoms with Crippen LogP contribution in [0.3, 0.4) is 0 Å². The van der Waals surface area contributed by atoms with E-state index in [1.54, 1.807) is 25.8 Å². The molecule has 1 saturated heterocycles. The highest BCUT2D eigenvalue weighted by Gasteiger charge is 2.21. The lowest BCUT2D eigenvalue weighted by Crippen LogP contribution is -2.49.